The van der Waals surface area contributed by atoms with Crippen molar-refractivity contribution in [1.82, 2.24) is 16.0 Å². The van der Waals surface area contributed by atoms with Gasteiger partial charge in [0.1, 0.15) is 16.8 Å². The van der Waals surface area contributed by atoms with Crippen LogP contribution in [-0.2, 0) is 30.2 Å². The van der Waals surface area contributed by atoms with Crippen molar-refractivity contribution in [2.75, 3.05) is 39.3 Å². The average Bonchev–Trinajstić information content (AvgIpc) is 2.50. The van der Waals surface area contributed by atoms with E-state index in [9.17, 15) is 14.4 Å². The molecule has 1 aromatic rings. The lowest BCUT2D eigenvalue weighted by molar-refractivity contribution is -0.167. The van der Waals surface area contributed by atoms with Crippen LogP contribution in [0.1, 0.15) is 308 Å². The van der Waals surface area contributed by atoms with E-state index in [4.69, 9.17) is 14.2 Å². The molecule has 5 unspecified atom stereocenters. The van der Waals surface area contributed by atoms with Gasteiger partial charge in [0.2, 0.25) is 0 Å². The Morgan fingerprint density at radius 3 is 1.70 bits per heavy atom. The topological polar surface area (TPSA) is 115 Å². The normalized spacial score (nSPS) is 18.8. The van der Waals surface area contributed by atoms with Gasteiger partial charge in [-0.1, -0.05) is 205 Å². The van der Waals surface area contributed by atoms with E-state index in [0.29, 0.717) is 12.0 Å². The summed E-state index contributed by atoms with van der Waals surface area (Å²) < 4.78 is 19.6. The number of allylic oxidation sites excluding steroid dienone is 1. The summed E-state index contributed by atoms with van der Waals surface area (Å²) in [4.78, 5) is 41.1. The number of aryl methyl sites for hydroxylation is 1. The van der Waals surface area contributed by atoms with E-state index in [1.807, 2.05) is 12.1 Å². The highest BCUT2D eigenvalue weighted by Gasteiger charge is 2.47. The zero-order valence-electron chi connectivity index (χ0n) is 55.1. The molecule has 0 amide bonds. The Labute approximate surface area is 515 Å². The quantitative estimate of drug-likeness (QED) is 0.0147. The van der Waals surface area contributed by atoms with Crippen LogP contribution >= 0.6 is 0 Å². The first-order chi connectivity index (χ1) is 40.8. The Balaban J connectivity index is 1.24. The first-order valence-electron chi connectivity index (χ1n) is 35.4. The molecule has 1 aromatic carbocycles. The molecule has 9 heteroatoms. The highest BCUT2D eigenvalue weighted by molar-refractivity contribution is 5.90. The number of unbranched alkanes of at least 4 members (excludes halogenated alkanes) is 26. The number of carbonyl (C=O) groups is 3. The molecule has 9 nitrogen and oxygen atoms in total. The molecule has 3 aliphatic rings. The van der Waals surface area contributed by atoms with E-state index >= 15 is 0 Å². The molecule has 3 fully saturated rings. The number of esters is 3. The second kappa shape index (κ2) is 43.9. The van der Waals surface area contributed by atoms with Gasteiger partial charge in [-0.2, -0.15) is 0 Å². The second-order valence-electron chi connectivity index (χ2n) is 26.9. The smallest absolute Gasteiger partial charge is 0.385 e. The molecule has 476 valence electrons. The Morgan fingerprint density at radius 1 is 0.571 bits per heavy atom. The molecule has 3 N–H and O–H groups in total. The molecule has 0 bridgehead atoms. The van der Waals surface area contributed by atoms with Crippen LogP contribution < -0.4 is 16.0 Å². The minimum Gasteiger partial charge on any atom is -0.459 e. The summed E-state index contributed by atoms with van der Waals surface area (Å²) in [6.07, 6.45) is 49.1. The maximum Gasteiger partial charge on any atom is 0.385 e. The monoisotopic (exact) mass is 1160 g/mol. The Hall–Kier alpha value is -3.63. The molecule has 0 spiro atoms. The lowest BCUT2D eigenvalue weighted by atomic mass is 9.68. The molecule has 0 aliphatic carbocycles. The molecule has 0 radical (unpaired) electrons. The third-order valence-corrected chi connectivity index (χ3v) is 19.5. The van der Waals surface area contributed by atoms with Crippen LogP contribution in [0.4, 0.5) is 0 Å². The summed E-state index contributed by atoms with van der Waals surface area (Å²) in [5.41, 5.74) is -0.0425. The number of hydrogen-bond acceptors (Lipinski definition) is 9. The SMILES string of the molecule is CCCCCCCCCCCCCCC#CC#CC(=O)OC(C)(C(/C=C/CCCCCCCC(=O)OC(C)(C)C1CCNCC1CC(C)(OC(=O)c1ccc(CCCCCCCC)cc1)C1CCNCC1)CCCCCCC)C1CCNCC1. The van der Waals surface area contributed by atoms with E-state index in [1.165, 1.54) is 140 Å². The van der Waals surface area contributed by atoms with Gasteiger partial charge in [-0.3, -0.25) is 4.79 Å². The first kappa shape index (κ1) is 72.8. The molecule has 3 aliphatic heterocycles. The van der Waals surface area contributed by atoms with Gasteiger partial charge in [0.15, 0.2) is 0 Å². The highest BCUT2D eigenvalue weighted by Crippen LogP contribution is 2.43. The van der Waals surface area contributed by atoms with Crippen molar-refractivity contribution in [3.63, 3.8) is 0 Å². The van der Waals surface area contributed by atoms with Crippen LogP contribution in [0.2, 0.25) is 0 Å². The third kappa shape index (κ3) is 29.4. The molecule has 4 rings (SSSR count). The summed E-state index contributed by atoms with van der Waals surface area (Å²) in [6.45, 7) is 20.7. The van der Waals surface area contributed by atoms with Crippen LogP contribution in [0.25, 0.3) is 0 Å². The van der Waals surface area contributed by atoms with E-state index in [2.05, 4.69) is 112 Å². The molecule has 0 aromatic heterocycles. The van der Waals surface area contributed by atoms with Crippen LogP contribution in [0.15, 0.2) is 36.4 Å². The van der Waals surface area contributed by atoms with Crippen molar-refractivity contribution in [3.05, 3.63) is 47.5 Å². The van der Waals surface area contributed by atoms with Crippen molar-refractivity contribution in [3.8, 4) is 23.7 Å². The van der Waals surface area contributed by atoms with Gasteiger partial charge in [-0.25, -0.2) is 9.59 Å². The van der Waals surface area contributed by atoms with Crippen molar-refractivity contribution in [2.24, 2.45) is 29.6 Å². The van der Waals surface area contributed by atoms with Gasteiger partial charge in [0, 0.05) is 42.4 Å². The minimum absolute atomic E-state index is 0.115. The van der Waals surface area contributed by atoms with Gasteiger partial charge in [0.25, 0.3) is 0 Å². The van der Waals surface area contributed by atoms with Crippen molar-refractivity contribution >= 4 is 17.9 Å². The van der Waals surface area contributed by atoms with Crippen molar-refractivity contribution < 1.29 is 28.6 Å². The number of nitrogens with one attached hydrogen (secondary N) is 3. The summed E-state index contributed by atoms with van der Waals surface area (Å²) in [7, 11) is 0. The zero-order valence-corrected chi connectivity index (χ0v) is 55.1. The number of rotatable bonds is 44. The second-order valence-corrected chi connectivity index (χ2v) is 26.9. The van der Waals surface area contributed by atoms with E-state index in [0.717, 1.165) is 148 Å². The fourth-order valence-electron chi connectivity index (χ4n) is 14.1. The number of carbonyl (C=O) groups excluding carboxylic acids is 3. The summed E-state index contributed by atoms with van der Waals surface area (Å²) in [5.74, 6) is 11.9. The predicted octanol–water partition coefficient (Wildman–Crippen LogP) is 18.1. The van der Waals surface area contributed by atoms with Crippen LogP contribution in [0.5, 0.6) is 0 Å². The lowest BCUT2D eigenvalue weighted by Gasteiger charge is -2.47. The lowest BCUT2D eigenvalue weighted by Crippen LogP contribution is -2.53. The number of ether oxygens (including phenoxy) is 3. The molecule has 3 saturated heterocycles. The highest BCUT2D eigenvalue weighted by atomic mass is 16.6. The van der Waals surface area contributed by atoms with Gasteiger partial charge >= 0.3 is 17.9 Å². The molecular weight excluding hydrogens is 1040 g/mol. The molecule has 0 saturated carbocycles. The molecule has 5 atom stereocenters. The summed E-state index contributed by atoms with van der Waals surface area (Å²) >= 11 is 0. The van der Waals surface area contributed by atoms with Gasteiger partial charge in [0.05, 0.1) is 5.56 Å². The molecule has 3 heterocycles. The summed E-state index contributed by atoms with van der Waals surface area (Å²) in [5, 5.41) is 10.7. The van der Waals surface area contributed by atoms with E-state index < -0.39 is 22.8 Å². The maximum absolute atomic E-state index is 14.0. The fourth-order valence-corrected chi connectivity index (χ4v) is 14.1. The van der Waals surface area contributed by atoms with E-state index in [-0.39, 0.29) is 41.5 Å². The number of piperidine rings is 3. The van der Waals surface area contributed by atoms with Crippen LogP contribution in [0.3, 0.4) is 0 Å². The predicted molar refractivity (Wildman–Crippen MR) is 352 cm³/mol. The largest absolute Gasteiger partial charge is 0.459 e. The fraction of sp³-hybridized carbons (Fsp3) is 0.800. The maximum atomic E-state index is 14.0. The van der Waals surface area contributed by atoms with Crippen LogP contribution in [0, 0.1) is 53.3 Å². The number of benzene rings is 1. The minimum atomic E-state index is -0.650. The molecule has 84 heavy (non-hydrogen) atoms. The van der Waals surface area contributed by atoms with Crippen molar-refractivity contribution in [1.29, 1.82) is 0 Å². The van der Waals surface area contributed by atoms with Gasteiger partial charge < -0.3 is 30.2 Å². The standard InChI is InChI=1S/C75H125N3O6/c1-8-11-14-17-19-20-21-22-23-24-25-26-27-30-36-41-46-71(80)83-75(7,68-53-58-77-59-54-68)67(43-38-32-16-13-10-3)44-39-34-29-28-31-35-40-45-70(79)82-73(4,5)69-55-60-78-62-65(69)61-74(6,66-51-56-76-57-52-66)84-72(81)64-49-47-63(48-50-64)42-37-33-18-15-12-9-2/h39,44,47-50,65-69,76-78H,8-29,31-35,37-38,40,42-43,45,51-62H2,1-7H3/b44-39+. The Morgan fingerprint density at radius 2 is 1.10 bits per heavy atom. The van der Waals surface area contributed by atoms with Crippen molar-refractivity contribution in [2.45, 2.75) is 316 Å². The van der Waals surface area contributed by atoms with Crippen LogP contribution in [-0.4, -0.2) is 74.0 Å². The Bertz CT molecular complexity index is 2070. The molecular formula is C75H125N3O6. The van der Waals surface area contributed by atoms with E-state index in [1.54, 1.807) is 0 Å². The average molecular weight is 1160 g/mol. The van der Waals surface area contributed by atoms with Gasteiger partial charge in [-0.15, -0.1) is 0 Å². The van der Waals surface area contributed by atoms with Gasteiger partial charge in [-0.05, 0) is 186 Å². The third-order valence-electron chi connectivity index (χ3n) is 19.5. The number of hydrogen-bond donors (Lipinski definition) is 3. The zero-order chi connectivity index (χ0) is 60.4. The summed E-state index contributed by atoms with van der Waals surface area (Å²) in [6, 6.07) is 8.13. The first-order valence-corrected chi connectivity index (χ1v) is 35.4. The Kier molecular flexibility index (Phi) is 38.1.